The molecule has 0 aromatic carbocycles. The van der Waals surface area contributed by atoms with E-state index >= 15 is 0 Å². The minimum absolute atomic E-state index is 0.0550. The van der Waals surface area contributed by atoms with Crippen molar-refractivity contribution in [1.29, 1.82) is 0 Å². The van der Waals surface area contributed by atoms with Crippen LogP contribution in [0.2, 0.25) is 0 Å². The number of rotatable bonds is 3. The van der Waals surface area contributed by atoms with Crippen molar-refractivity contribution in [2.24, 2.45) is 5.92 Å². The van der Waals surface area contributed by atoms with Crippen LogP contribution in [-0.2, 0) is 19.1 Å². The molecule has 0 aromatic rings. The maximum atomic E-state index is 12.4. The van der Waals surface area contributed by atoms with Crippen molar-refractivity contribution < 1.29 is 19.1 Å². The van der Waals surface area contributed by atoms with Gasteiger partial charge in [0.05, 0.1) is 25.1 Å². The van der Waals surface area contributed by atoms with Crippen molar-refractivity contribution >= 4 is 11.8 Å². The molecule has 3 saturated heterocycles. The molecule has 3 heterocycles. The molecule has 1 spiro atoms. The highest BCUT2D eigenvalue weighted by atomic mass is 16.5. The third kappa shape index (κ3) is 1.71. The standard InChI is InChI=1S/C14H22N2O4/c1-9(2)10-7-20-14-4-5-15(13(18)8-19-3)11(14)6-12(17)16(10)14/h9-11H,4-8H2,1-3H3/t10-,11+,14-/m0/s1. The SMILES string of the molecule is COCC(=O)N1CC[C@@]23OC[C@@H](C(C)C)N2C(=O)C[C@@H]13. The summed E-state index contributed by atoms with van der Waals surface area (Å²) < 4.78 is 11.0. The van der Waals surface area contributed by atoms with E-state index in [0.29, 0.717) is 31.9 Å². The summed E-state index contributed by atoms with van der Waals surface area (Å²) in [7, 11) is 1.51. The molecule has 0 saturated carbocycles. The Morgan fingerprint density at radius 2 is 2.30 bits per heavy atom. The van der Waals surface area contributed by atoms with Crippen molar-refractivity contribution in [3.8, 4) is 0 Å². The largest absolute Gasteiger partial charge is 0.375 e. The molecule has 0 N–H and O–H groups in total. The average molecular weight is 282 g/mol. The molecule has 6 nitrogen and oxygen atoms in total. The molecule has 0 aromatic heterocycles. The van der Waals surface area contributed by atoms with E-state index in [1.54, 1.807) is 4.90 Å². The zero-order valence-electron chi connectivity index (χ0n) is 12.3. The third-order valence-electron chi connectivity index (χ3n) is 4.85. The highest BCUT2D eigenvalue weighted by Crippen LogP contribution is 2.48. The monoisotopic (exact) mass is 282 g/mol. The Morgan fingerprint density at radius 1 is 1.55 bits per heavy atom. The Labute approximate surface area is 119 Å². The summed E-state index contributed by atoms with van der Waals surface area (Å²) in [6.07, 6.45) is 1.08. The number of likely N-dealkylation sites (tertiary alicyclic amines) is 1. The molecule has 3 fully saturated rings. The second kappa shape index (κ2) is 4.70. The number of hydrogen-bond donors (Lipinski definition) is 0. The van der Waals surface area contributed by atoms with Crippen molar-refractivity contribution in [2.45, 2.75) is 44.5 Å². The molecule has 0 bridgehead atoms. The number of carbonyl (C=O) groups excluding carboxylic acids is 2. The number of nitrogens with zero attached hydrogens (tertiary/aromatic N) is 2. The van der Waals surface area contributed by atoms with Gasteiger partial charge in [-0.1, -0.05) is 13.8 Å². The summed E-state index contributed by atoms with van der Waals surface area (Å²) in [6, 6.07) is -0.0219. The maximum Gasteiger partial charge on any atom is 0.248 e. The van der Waals surface area contributed by atoms with Gasteiger partial charge in [-0.15, -0.1) is 0 Å². The van der Waals surface area contributed by atoms with Gasteiger partial charge in [-0.3, -0.25) is 9.59 Å². The highest BCUT2D eigenvalue weighted by Gasteiger charge is 2.65. The average Bonchev–Trinajstić information content (AvgIpc) is 2.99. The molecule has 20 heavy (non-hydrogen) atoms. The summed E-state index contributed by atoms with van der Waals surface area (Å²) in [5, 5.41) is 0. The van der Waals surface area contributed by atoms with E-state index < -0.39 is 5.72 Å². The first-order chi connectivity index (χ1) is 9.51. The summed E-state index contributed by atoms with van der Waals surface area (Å²) in [6.45, 7) is 5.49. The van der Waals surface area contributed by atoms with Gasteiger partial charge in [0.2, 0.25) is 11.8 Å². The second-order valence-corrected chi connectivity index (χ2v) is 6.22. The number of hydrogen-bond acceptors (Lipinski definition) is 4. The van der Waals surface area contributed by atoms with Crippen LogP contribution in [0.1, 0.15) is 26.7 Å². The molecular weight excluding hydrogens is 260 g/mol. The van der Waals surface area contributed by atoms with Gasteiger partial charge in [0.1, 0.15) is 6.61 Å². The molecule has 6 heteroatoms. The molecule has 3 atom stereocenters. The Balaban J connectivity index is 1.87. The van der Waals surface area contributed by atoms with Crippen LogP contribution in [0.4, 0.5) is 0 Å². The number of methoxy groups -OCH3 is 1. The van der Waals surface area contributed by atoms with E-state index in [4.69, 9.17) is 9.47 Å². The summed E-state index contributed by atoms with van der Waals surface area (Å²) >= 11 is 0. The molecule has 112 valence electrons. The Bertz CT molecular complexity index is 439. The van der Waals surface area contributed by atoms with Crippen molar-refractivity contribution in [2.75, 3.05) is 26.9 Å². The Kier molecular flexibility index (Phi) is 3.25. The van der Waals surface area contributed by atoms with Gasteiger partial charge < -0.3 is 19.3 Å². The fraction of sp³-hybridized carbons (Fsp3) is 0.857. The lowest BCUT2D eigenvalue weighted by Crippen LogP contribution is -2.51. The van der Waals surface area contributed by atoms with Crippen LogP contribution >= 0.6 is 0 Å². The van der Waals surface area contributed by atoms with Gasteiger partial charge >= 0.3 is 0 Å². The first kappa shape index (κ1) is 13.8. The smallest absolute Gasteiger partial charge is 0.248 e. The predicted molar refractivity (Wildman–Crippen MR) is 70.8 cm³/mol. The van der Waals surface area contributed by atoms with Crippen LogP contribution in [0.25, 0.3) is 0 Å². The zero-order valence-corrected chi connectivity index (χ0v) is 12.3. The van der Waals surface area contributed by atoms with E-state index in [2.05, 4.69) is 13.8 Å². The van der Waals surface area contributed by atoms with Crippen LogP contribution < -0.4 is 0 Å². The van der Waals surface area contributed by atoms with E-state index in [1.807, 2.05) is 4.90 Å². The molecule has 3 aliphatic heterocycles. The van der Waals surface area contributed by atoms with Gasteiger partial charge in [-0.2, -0.15) is 0 Å². The predicted octanol–water partition coefficient (Wildman–Crippen LogP) is 0.217. The summed E-state index contributed by atoms with van der Waals surface area (Å²) in [5.74, 6) is 0.419. The number of amides is 2. The molecule has 0 aliphatic carbocycles. The molecule has 0 radical (unpaired) electrons. The summed E-state index contributed by atoms with van der Waals surface area (Å²) in [5.41, 5.74) is -0.574. The minimum Gasteiger partial charge on any atom is -0.375 e. The molecule has 2 amide bonds. The molecule has 0 unspecified atom stereocenters. The second-order valence-electron chi connectivity index (χ2n) is 6.22. The molecule has 3 aliphatic rings. The topological polar surface area (TPSA) is 59.1 Å². The van der Waals surface area contributed by atoms with E-state index in [-0.39, 0.29) is 30.5 Å². The Hall–Kier alpha value is -1.14. The van der Waals surface area contributed by atoms with Crippen LogP contribution in [0, 0.1) is 5.92 Å². The van der Waals surface area contributed by atoms with Crippen molar-refractivity contribution in [1.82, 2.24) is 9.80 Å². The van der Waals surface area contributed by atoms with Crippen molar-refractivity contribution in [3.05, 3.63) is 0 Å². The van der Waals surface area contributed by atoms with Crippen molar-refractivity contribution in [3.63, 3.8) is 0 Å². The number of ether oxygens (including phenoxy) is 2. The zero-order chi connectivity index (χ0) is 14.5. The highest BCUT2D eigenvalue weighted by molar-refractivity contribution is 5.85. The Morgan fingerprint density at radius 3 is 2.95 bits per heavy atom. The lowest BCUT2D eigenvalue weighted by molar-refractivity contribution is -0.143. The normalized spacial score (nSPS) is 35.9. The third-order valence-corrected chi connectivity index (χ3v) is 4.85. The fourth-order valence-corrected chi connectivity index (χ4v) is 3.88. The van der Waals surface area contributed by atoms with Gasteiger partial charge in [-0.25, -0.2) is 0 Å². The van der Waals surface area contributed by atoms with Crippen LogP contribution in [0.15, 0.2) is 0 Å². The summed E-state index contributed by atoms with van der Waals surface area (Å²) in [4.78, 5) is 28.2. The van der Waals surface area contributed by atoms with Gasteiger partial charge in [0.25, 0.3) is 0 Å². The first-order valence-corrected chi connectivity index (χ1v) is 7.26. The quantitative estimate of drug-likeness (QED) is 0.743. The van der Waals surface area contributed by atoms with E-state index in [0.717, 1.165) is 0 Å². The van der Waals surface area contributed by atoms with Gasteiger partial charge in [0.15, 0.2) is 5.72 Å². The number of carbonyl (C=O) groups is 2. The van der Waals surface area contributed by atoms with Crippen LogP contribution in [0.5, 0.6) is 0 Å². The van der Waals surface area contributed by atoms with E-state index in [9.17, 15) is 9.59 Å². The molecular formula is C14H22N2O4. The fourth-order valence-electron chi connectivity index (χ4n) is 3.88. The van der Waals surface area contributed by atoms with Crippen LogP contribution in [0.3, 0.4) is 0 Å². The lowest BCUT2D eigenvalue weighted by atomic mass is 10.0. The van der Waals surface area contributed by atoms with Crippen LogP contribution in [-0.4, -0.2) is 66.3 Å². The molecule has 3 rings (SSSR count). The van der Waals surface area contributed by atoms with E-state index in [1.165, 1.54) is 7.11 Å². The first-order valence-electron chi connectivity index (χ1n) is 7.26. The van der Waals surface area contributed by atoms with Gasteiger partial charge in [0, 0.05) is 20.1 Å². The lowest BCUT2D eigenvalue weighted by Gasteiger charge is -2.34. The van der Waals surface area contributed by atoms with Gasteiger partial charge in [-0.05, 0) is 5.92 Å². The minimum atomic E-state index is -0.574. The maximum absolute atomic E-state index is 12.4.